The van der Waals surface area contributed by atoms with Gasteiger partial charge >= 0.3 is 0 Å². The van der Waals surface area contributed by atoms with E-state index >= 15 is 0 Å². The van der Waals surface area contributed by atoms with Crippen LogP contribution in [0.3, 0.4) is 0 Å². The third-order valence-electron chi connectivity index (χ3n) is 13.2. The Bertz CT molecular complexity index is 4210. The Morgan fingerprint density at radius 1 is 0.317 bits per heavy atom. The molecule has 0 aliphatic heterocycles. The molecule has 5 heteroatoms. The number of hydrogen-bond acceptors (Lipinski definition) is 2. The molecule has 0 spiro atoms. The van der Waals surface area contributed by atoms with Crippen molar-refractivity contribution in [3.05, 3.63) is 212 Å². The molecule has 10 aromatic carbocycles. The lowest BCUT2D eigenvalue weighted by atomic mass is 10.0. The second-order valence-electron chi connectivity index (χ2n) is 16.5. The lowest BCUT2D eigenvalue weighted by Gasteiger charge is -2.16. The minimum absolute atomic E-state index is 0.632. The van der Waals surface area contributed by atoms with Crippen LogP contribution in [-0.4, -0.2) is 23.7 Å². The van der Waals surface area contributed by atoms with E-state index in [1.54, 1.807) is 0 Å². The quantitative estimate of drug-likeness (QED) is 0.178. The highest BCUT2D eigenvalue weighted by molar-refractivity contribution is 6.24. The van der Waals surface area contributed by atoms with Crippen LogP contribution >= 0.6 is 0 Å². The Morgan fingerprint density at radius 2 is 0.889 bits per heavy atom. The van der Waals surface area contributed by atoms with Crippen molar-refractivity contribution in [2.24, 2.45) is 0 Å². The van der Waals surface area contributed by atoms with Crippen LogP contribution in [0.5, 0.6) is 0 Å². The third-order valence-corrected chi connectivity index (χ3v) is 13.2. The molecule has 0 aliphatic carbocycles. The lowest BCUT2D eigenvalue weighted by Crippen LogP contribution is -2.04. The molecule has 0 aliphatic rings. The summed E-state index contributed by atoms with van der Waals surface area (Å²) < 4.78 is 7.19. The van der Waals surface area contributed by atoms with Crippen molar-refractivity contribution in [1.29, 1.82) is 0 Å². The number of nitrogens with zero attached hydrogens (tertiary/aromatic N) is 5. The average Bonchev–Trinajstić information content (AvgIpc) is 3.99. The molecule has 0 saturated heterocycles. The van der Waals surface area contributed by atoms with Crippen molar-refractivity contribution in [1.82, 2.24) is 23.7 Å². The van der Waals surface area contributed by atoms with E-state index < -0.39 is 0 Å². The second-order valence-corrected chi connectivity index (χ2v) is 16.5. The molecule has 14 rings (SSSR count). The minimum atomic E-state index is 0.632. The van der Waals surface area contributed by atoms with Crippen molar-refractivity contribution >= 4 is 97.9 Å². The fraction of sp³-hybridized carbons (Fsp3) is 0. The first kappa shape index (κ1) is 34.2. The van der Waals surface area contributed by atoms with Crippen molar-refractivity contribution in [3.8, 4) is 28.6 Å². The lowest BCUT2D eigenvalue weighted by molar-refractivity contribution is 1.01. The molecule has 0 unspecified atom stereocenters. The van der Waals surface area contributed by atoms with E-state index in [1.165, 1.54) is 54.3 Å². The maximum atomic E-state index is 5.63. The van der Waals surface area contributed by atoms with Gasteiger partial charge in [0.05, 0.1) is 50.0 Å². The number of fused-ring (bicyclic) bond motifs is 13. The van der Waals surface area contributed by atoms with E-state index in [2.05, 4.69) is 226 Å². The SMILES string of the molecule is c1ccc(-n2c3ccccc3c3ccc(-c4nc(-n5c6ccccc6c6c(-n7c8ccccc8c8ccc9ccccc9c87)c7ccccc7cc65)nc5ccccc45)cc32)cc1. The first-order chi connectivity index (χ1) is 31.3. The molecule has 63 heavy (non-hydrogen) atoms. The Kier molecular flexibility index (Phi) is 7.05. The van der Waals surface area contributed by atoms with Gasteiger partial charge < -0.3 is 9.13 Å². The first-order valence-corrected chi connectivity index (χ1v) is 21.5. The highest BCUT2D eigenvalue weighted by atomic mass is 15.2. The van der Waals surface area contributed by atoms with Gasteiger partial charge in [-0.3, -0.25) is 4.57 Å². The fourth-order valence-electron chi connectivity index (χ4n) is 10.5. The summed E-state index contributed by atoms with van der Waals surface area (Å²) in [6, 6.07) is 76.6. The van der Waals surface area contributed by atoms with Gasteiger partial charge in [-0.25, -0.2) is 9.97 Å². The predicted octanol–water partition coefficient (Wildman–Crippen LogP) is 14.9. The normalized spacial score (nSPS) is 12.1. The van der Waals surface area contributed by atoms with Crippen LogP contribution in [0, 0.1) is 0 Å². The van der Waals surface area contributed by atoms with Crippen LogP contribution in [0.25, 0.3) is 126 Å². The van der Waals surface area contributed by atoms with Gasteiger partial charge in [0.1, 0.15) is 0 Å². The van der Waals surface area contributed by atoms with E-state index in [9.17, 15) is 0 Å². The summed E-state index contributed by atoms with van der Waals surface area (Å²) in [7, 11) is 0. The third kappa shape index (κ3) is 4.82. The summed E-state index contributed by atoms with van der Waals surface area (Å²) >= 11 is 0. The molecule has 0 amide bonds. The number of hydrogen-bond donors (Lipinski definition) is 0. The molecule has 292 valence electrons. The van der Waals surface area contributed by atoms with Gasteiger partial charge in [-0.2, -0.15) is 0 Å². The molecule has 0 bridgehead atoms. The molecule has 14 aromatic rings. The number of benzene rings is 10. The van der Waals surface area contributed by atoms with Gasteiger partial charge in [0.15, 0.2) is 0 Å². The maximum Gasteiger partial charge on any atom is 0.235 e. The Morgan fingerprint density at radius 3 is 1.68 bits per heavy atom. The highest BCUT2D eigenvalue weighted by Gasteiger charge is 2.25. The first-order valence-electron chi connectivity index (χ1n) is 21.5. The molecule has 4 aromatic heterocycles. The molecule has 0 radical (unpaired) electrons. The zero-order valence-electron chi connectivity index (χ0n) is 33.9. The van der Waals surface area contributed by atoms with Crippen molar-refractivity contribution < 1.29 is 0 Å². The van der Waals surface area contributed by atoms with Crippen molar-refractivity contribution in [2.45, 2.75) is 0 Å². The van der Waals surface area contributed by atoms with Crippen LogP contribution in [0.1, 0.15) is 0 Å². The van der Waals surface area contributed by atoms with E-state index in [1.807, 2.05) is 0 Å². The number of rotatable bonds is 4. The van der Waals surface area contributed by atoms with E-state index in [-0.39, 0.29) is 0 Å². The van der Waals surface area contributed by atoms with Gasteiger partial charge in [-0.1, -0.05) is 164 Å². The standard InChI is InChI=1S/C58H35N5/c1-2-18-39(19-3-1)61-49-27-13-9-22-42(49)44-32-31-38(35-52(44)61)55-46-24-8-12-26-48(46)59-58(60-55)62-51-29-15-11-25-47(51)54-53(62)34-37-17-5-7-21-41(37)57(54)63-50-28-14-10-23-43(50)45-33-30-36-16-4-6-20-40(36)56(45)63/h1-35H. The van der Waals surface area contributed by atoms with Crippen molar-refractivity contribution in [3.63, 3.8) is 0 Å². The average molecular weight is 802 g/mol. The largest absolute Gasteiger partial charge is 0.309 e. The summed E-state index contributed by atoms with van der Waals surface area (Å²) in [5.74, 6) is 0.632. The van der Waals surface area contributed by atoms with Gasteiger partial charge in [0, 0.05) is 59.7 Å². The topological polar surface area (TPSA) is 40.6 Å². The van der Waals surface area contributed by atoms with Crippen LogP contribution in [0.4, 0.5) is 0 Å². The second kappa shape index (κ2) is 13.0. The zero-order chi connectivity index (χ0) is 41.2. The van der Waals surface area contributed by atoms with Gasteiger partial charge in [-0.05, 0) is 59.3 Å². The summed E-state index contributed by atoms with van der Waals surface area (Å²) in [6.07, 6.45) is 0. The van der Waals surface area contributed by atoms with Crippen molar-refractivity contribution in [2.75, 3.05) is 0 Å². The van der Waals surface area contributed by atoms with E-state index in [4.69, 9.17) is 9.97 Å². The molecule has 4 heterocycles. The fourth-order valence-corrected chi connectivity index (χ4v) is 10.5. The predicted molar refractivity (Wildman–Crippen MR) is 263 cm³/mol. The highest BCUT2D eigenvalue weighted by Crippen LogP contribution is 2.45. The van der Waals surface area contributed by atoms with Crippen LogP contribution < -0.4 is 0 Å². The molecule has 5 nitrogen and oxygen atoms in total. The maximum absolute atomic E-state index is 5.63. The summed E-state index contributed by atoms with van der Waals surface area (Å²) in [5.41, 5.74) is 11.9. The monoisotopic (exact) mass is 801 g/mol. The van der Waals surface area contributed by atoms with Gasteiger partial charge in [0.25, 0.3) is 0 Å². The molecule has 0 atom stereocenters. The number of para-hydroxylation sites is 5. The molecule has 0 fully saturated rings. The smallest absolute Gasteiger partial charge is 0.235 e. The number of aromatic nitrogens is 5. The van der Waals surface area contributed by atoms with Crippen LogP contribution in [0.2, 0.25) is 0 Å². The Labute approximate surface area is 360 Å². The zero-order valence-corrected chi connectivity index (χ0v) is 33.9. The molecular weight excluding hydrogens is 767 g/mol. The Hall–Kier alpha value is -8.54. The van der Waals surface area contributed by atoms with Gasteiger partial charge in [-0.15, -0.1) is 0 Å². The molecule has 0 saturated carbocycles. The van der Waals surface area contributed by atoms with E-state index in [0.29, 0.717) is 5.95 Å². The van der Waals surface area contributed by atoms with E-state index in [0.717, 1.165) is 66.2 Å². The molecular formula is C58H35N5. The van der Waals surface area contributed by atoms with Crippen LogP contribution in [0.15, 0.2) is 212 Å². The Balaban J connectivity index is 1.10. The summed E-state index contributed by atoms with van der Waals surface area (Å²) in [4.78, 5) is 11.0. The summed E-state index contributed by atoms with van der Waals surface area (Å²) in [6.45, 7) is 0. The summed E-state index contributed by atoms with van der Waals surface area (Å²) in [5, 5.41) is 13.0. The molecule has 0 N–H and O–H groups in total. The minimum Gasteiger partial charge on any atom is -0.309 e. The van der Waals surface area contributed by atoms with Crippen LogP contribution in [-0.2, 0) is 0 Å². The van der Waals surface area contributed by atoms with Gasteiger partial charge in [0.2, 0.25) is 5.95 Å².